The highest BCUT2D eigenvalue weighted by atomic mass is 16.5. The van der Waals surface area contributed by atoms with E-state index in [4.69, 9.17) is 9.15 Å². The maximum absolute atomic E-state index is 11.4. The Morgan fingerprint density at radius 1 is 1.56 bits per heavy atom. The van der Waals surface area contributed by atoms with E-state index in [2.05, 4.69) is 4.74 Å². The van der Waals surface area contributed by atoms with Crippen molar-refractivity contribution in [2.45, 2.75) is 12.6 Å². The fourth-order valence-corrected chi connectivity index (χ4v) is 1.67. The molecule has 0 spiro atoms. The van der Waals surface area contributed by atoms with Gasteiger partial charge in [-0.1, -0.05) is 0 Å². The lowest BCUT2D eigenvalue weighted by Gasteiger charge is -2.19. The maximum Gasteiger partial charge on any atom is 0.341 e. The van der Waals surface area contributed by atoms with E-state index in [1.807, 2.05) is 11.9 Å². The van der Waals surface area contributed by atoms with E-state index in [-0.39, 0.29) is 6.61 Å². The largest absolute Gasteiger partial charge is 0.467 e. The van der Waals surface area contributed by atoms with Crippen molar-refractivity contribution in [1.82, 2.24) is 4.90 Å². The number of carbonyl (C=O) groups excluding carboxylic acids is 1. The molecule has 0 aliphatic carbocycles. The van der Waals surface area contributed by atoms with Gasteiger partial charge in [-0.2, -0.15) is 0 Å². The number of aliphatic hydroxyl groups excluding tert-OH is 1. The number of likely N-dealkylation sites (N-methyl/N-ethyl adjacent to an activating group) is 1. The summed E-state index contributed by atoms with van der Waals surface area (Å²) in [5.41, 5.74) is 0.408. The number of aliphatic hydroxyl groups is 1. The Balaban J connectivity index is 2.56. The van der Waals surface area contributed by atoms with Gasteiger partial charge in [0.2, 0.25) is 0 Å². The Bertz CT molecular complexity index is 376. The highest BCUT2D eigenvalue weighted by Crippen LogP contribution is 2.14. The van der Waals surface area contributed by atoms with Crippen LogP contribution in [0.5, 0.6) is 0 Å². The second-order valence-corrected chi connectivity index (χ2v) is 4.05. The average molecular weight is 257 g/mol. The van der Waals surface area contributed by atoms with Crippen molar-refractivity contribution in [3.8, 4) is 0 Å². The molecule has 18 heavy (non-hydrogen) atoms. The molecule has 1 rings (SSSR count). The van der Waals surface area contributed by atoms with Crippen molar-refractivity contribution >= 4 is 5.97 Å². The molecule has 6 nitrogen and oxygen atoms in total. The van der Waals surface area contributed by atoms with Gasteiger partial charge < -0.3 is 19.0 Å². The number of rotatable bonds is 7. The summed E-state index contributed by atoms with van der Waals surface area (Å²) in [6, 6.07) is 1.57. The van der Waals surface area contributed by atoms with E-state index in [0.29, 0.717) is 24.4 Å². The Morgan fingerprint density at radius 2 is 2.28 bits per heavy atom. The van der Waals surface area contributed by atoms with Crippen LogP contribution in [0.25, 0.3) is 0 Å². The smallest absolute Gasteiger partial charge is 0.341 e. The van der Waals surface area contributed by atoms with Crippen LogP contribution in [0.15, 0.2) is 16.7 Å². The summed E-state index contributed by atoms with van der Waals surface area (Å²) in [7, 11) is 4.68. The van der Waals surface area contributed by atoms with Crippen molar-refractivity contribution in [1.29, 1.82) is 0 Å². The van der Waals surface area contributed by atoms with Crippen molar-refractivity contribution in [3.63, 3.8) is 0 Å². The lowest BCUT2D eigenvalue weighted by molar-refractivity contribution is 0.0404. The van der Waals surface area contributed by atoms with Crippen LogP contribution in [0.4, 0.5) is 0 Å². The summed E-state index contributed by atoms with van der Waals surface area (Å²) >= 11 is 0. The van der Waals surface area contributed by atoms with E-state index >= 15 is 0 Å². The van der Waals surface area contributed by atoms with Crippen LogP contribution >= 0.6 is 0 Å². The number of nitrogens with zero attached hydrogens (tertiary/aromatic N) is 1. The highest BCUT2D eigenvalue weighted by molar-refractivity contribution is 5.90. The zero-order valence-electron chi connectivity index (χ0n) is 10.9. The molecule has 0 unspecified atom stereocenters. The fourth-order valence-electron chi connectivity index (χ4n) is 1.67. The third-order valence-corrected chi connectivity index (χ3v) is 2.45. The molecule has 1 aromatic heterocycles. The molecule has 1 aromatic rings. The Morgan fingerprint density at radius 3 is 2.89 bits per heavy atom. The van der Waals surface area contributed by atoms with E-state index in [1.165, 1.54) is 20.5 Å². The minimum atomic E-state index is -0.573. The molecule has 0 saturated carbocycles. The normalized spacial score (nSPS) is 12.7. The van der Waals surface area contributed by atoms with Gasteiger partial charge in [-0.3, -0.25) is 4.90 Å². The summed E-state index contributed by atoms with van der Waals surface area (Å²) in [5.74, 6) is 0.0959. The predicted octanol–water partition coefficient (Wildman–Crippen LogP) is 0.505. The van der Waals surface area contributed by atoms with Gasteiger partial charge in [0.05, 0.1) is 32.6 Å². The van der Waals surface area contributed by atoms with Crippen LogP contribution in [0.2, 0.25) is 0 Å². The first kappa shape index (κ1) is 14.7. The van der Waals surface area contributed by atoms with Crippen molar-refractivity contribution in [2.24, 2.45) is 0 Å². The quantitative estimate of drug-likeness (QED) is 0.717. The molecule has 0 bridgehead atoms. The minimum Gasteiger partial charge on any atom is -0.467 e. The minimum absolute atomic E-state index is 0.270. The van der Waals surface area contributed by atoms with Crippen LogP contribution in [0, 0.1) is 0 Å². The van der Waals surface area contributed by atoms with E-state index in [9.17, 15) is 9.90 Å². The van der Waals surface area contributed by atoms with Crippen LogP contribution in [0.1, 0.15) is 16.1 Å². The first-order valence-electron chi connectivity index (χ1n) is 5.58. The summed E-state index contributed by atoms with van der Waals surface area (Å²) in [5, 5.41) is 9.58. The molecule has 0 saturated heterocycles. The fraction of sp³-hybridized carbons (Fsp3) is 0.583. The number of ether oxygens (including phenoxy) is 2. The summed E-state index contributed by atoms with van der Waals surface area (Å²) in [6.45, 7) is 1.11. The van der Waals surface area contributed by atoms with Gasteiger partial charge in [0.25, 0.3) is 0 Å². The average Bonchev–Trinajstić information content (AvgIpc) is 2.76. The van der Waals surface area contributed by atoms with Gasteiger partial charge in [-0.15, -0.1) is 0 Å². The van der Waals surface area contributed by atoms with Gasteiger partial charge in [0, 0.05) is 13.7 Å². The Hall–Kier alpha value is -1.37. The third kappa shape index (κ3) is 4.14. The van der Waals surface area contributed by atoms with Crippen LogP contribution in [-0.4, -0.2) is 56.5 Å². The second-order valence-electron chi connectivity index (χ2n) is 4.05. The van der Waals surface area contributed by atoms with Crippen molar-refractivity contribution in [3.05, 3.63) is 23.7 Å². The Labute approximate surface area is 106 Å². The third-order valence-electron chi connectivity index (χ3n) is 2.45. The molecule has 1 N–H and O–H groups in total. The molecule has 0 fully saturated rings. The van der Waals surface area contributed by atoms with E-state index in [0.717, 1.165) is 0 Å². The monoisotopic (exact) mass is 257 g/mol. The second kappa shape index (κ2) is 7.15. The molecule has 6 heteroatoms. The molecule has 0 aliphatic rings. The molecule has 0 aromatic carbocycles. The van der Waals surface area contributed by atoms with E-state index in [1.54, 1.807) is 6.07 Å². The lowest BCUT2D eigenvalue weighted by Crippen LogP contribution is -2.31. The van der Waals surface area contributed by atoms with E-state index < -0.39 is 12.1 Å². The SMILES string of the molecule is COC[C@@H](O)CN(C)Cc1occc1C(=O)OC. The lowest BCUT2D eigenvalue weighted by atomic mass is 10.2. The predicted molar refractivity (Wildman–Crippen MR) is 64.3 cm³/mol. The molecule has 1 atom stereocenters. The highest BCUT2D eigenvalue weighted by Gasteiger charge is 2.17. The van der Waals surface area contributed by atoms with Gasteiger partial charge in [-0.05, 0) is 13.1 Å². The topological polar surface area (TPSA) is 72.1 Å². The van der Waals surface area contributed by atoms with Crippen LogP contribution < -0.4 is 0 Å². The zero-order chi connectivity index (χ0) is 13.5. The summed E-state index contributed by atoms with van der Waals surface area (Å²) in [4.78, 5) is 13.3. The number of methoxy groups -OCH3 is 2. The molecular weight excluding hydrogens is 238 g/mol. The first-order chi connectivity index (χ1) is 8.58. The van der Waals surface area contributed by atoms with Gasteiger partial charge >= 0.3 is 5.97 Å². The van der Waals surface area contributed by atoms with Crippen LogP contribution in [-0.2, 0) is 16.0 Å². The number of esters is 1. The number of hydrogen-bond acceptors (Lipinski definition) is 6. The summed E-state index contributed by atoms with van der Waals surface area (Å²) < 4.78 is 14.7. The maximum atomic E-state index is 11.4. The van der Waals surface area contributed by atoms with Gasteiger partial charge in [-0.25, -0.2) is 4.79 Å². The van der Waals surface area contributed by atoms with Gasteiger partial charge in [0.1, 0.15) is 11.3 Å². The standard InChI is InChI=1S/C12H19NO5/c1-13(6-9(14)8-16-2)7-11-10(4-5-18-11)12(15)17-3/h4-5,9,14H,6-8H2,1-3H3/t9-/m0/s1. The first-order valence-corrected chi connectivity index (χ1v) is 5.58. The number of carbonyl (C=O) groups is 1. The number of hydrogen-bond donors (Lipinski definition) is 1. The molecule has 1 heterocycles. The molecule has 0 amide bonds. The molecular formula is C12H19NO5. The zero-order valence-corrected chi connectivity index (χ0v) is 10.9. The number of furan rings is 1. The molecule has 0 aliphatic heterocycles. The molecule has 0 radical (unpaired) electrons. The van der Waals surface area contributed by atoms with Crippen molar-refractivity contribution in [2.75, 3.05) is 34.4 Å². The van der Waals surface area contributed by atoms with Crippen LogP contribution in [0.3, 0.4) is 0 Å². The molecule has 102 valence electrons. The van der Waals surface area contributed by atoms with Crippen molar-refractivity contribution < 1.29 is 23.8 Å². The Kier molecular flexibility index (Phi) is 5.84. The summed E-state index contributed by atoms with van der Waals surface area (Å²) in [6.07, 6.45) is 0.873. The van der Waals surface area contributed by atoms with Gasteiger partial charge in [0.15, 0.2) is 0 Å².